The van der Waals surface area contributed by atoms with Gasteiger partial charge < -0.3 is 39.1 Å². The first-order chi connectivity index (χ1) is 20.5. The number of esters is 1. The molecule has 1 amide bonds. The first-order valence-electron chi connectivity index (χ1n) is 14.6. The summed E-state index contributed by atoms with van der Waals surface area (Å²) in [5.41, 5.74) is 3.80. The van der Waals surface area contributed by atoms with Crippen LogP contribution in [0.5, 0.6) is 28.7 Å². The van der Waals surface area contributed by atoms with Crippen molar-refractivity contribution in [2.45, 2.75) is 63.3 Å². The Labute approximate surface area is 245 Å². The molecule has 6 rings (SSSR count). The van der Waals surface area contributed by atoms with Gasteiger partial charge in [-0.15, -0.1) is 0 Å². The Morgan fingerprint density at radius 2 is 1.79 bits per heavy atom. The highest BCUT2D eigenvalue weighted by molar-refractivity contribution is 5.98. The fourth-order valence-electron chi connectivity index (χ4n) is 6.90. The molecule has 3 aliphatic heterocycles. The third-order valence-corrected chi connectivity index (χ3v) is 8.94. The molecular weight excluding hydrogens is 542 g/mol. The second-order valence-electron chi connectivity index (χ2n) is 11.2. The number of carbonyl (C=O) groups excluding carboxylic acids is 2. The zero-order valence-electron chi connectivity index (χ0n) is 24.7. The standard InChI is InChI=1S/C31H39N3O8/c1-34-13-12-18-20(14-33-22(35)15-32-17-8-6-5-7-9-17)27-30(41-16-40-27)29(39-4)23(18)25(34)26-19-10-11-21(37-2)28(38-3)24(19)31(36)42-26/h10-11,17,25-26,32H,5-9,12-16H2,1-4H3,(H,33,35)/t25-,26-/m0/s1. The molecule has 0 aromatic heterocycles. The first-order valence-corrected chi connectivity index (χ1v) is 14.6. The molecule has 0 unspecified atom stereocenters. The number of amides is 1. The molecule has 2 aromatic rings. The lowest BCUT2D eigenvalue weighted by Crippen LogP contribution is -2.40. The van der Waals surface area contributed by atoms with Gasteiger partial charge in [-0.3, -0.25) is 9.69 Å². The third kappa shape index (κ3) is 4.88. The summed E-state index contributed by atoms with van der Waals surface area (Å²) in [5.74, 6) is 1.91. The number of benzene rings is 2. The monoisotopic (exact) mass is 581 g/mol. The van der Waals surface area contributed by atoms with Gasteiger partial charge in [-0.2, -0.15) is 0 Å². The molecule has 11 heteroatoms. The fraction of sp³-hybridized carbons (Fsp3) is 0.548. The number of ether oxygens (including phenoxy) is 6. The molecule has 0 spiro atoms. The number of nitrogens with zero attached hydrogens (tertiary/aromatic N) is 1. The van der Waals surface area contributed by atoms with Crippen LogP contribution in [0.15, 0.2) is 12.1 Å². The second-order valence-corrected chi connectivity index (χ2v) is 11.2. The lowest BCUT2D eigenvalue weighted by atomic mass is 9.83. The molecule has 0 radical (unpaired) electrons. The van der Waals surface area contributed by atoms with Crippen LogP contribution in [0.25, 0.3) is 0 Å². The van der Waals surface area contributed by atoms with Gasteiger partial charge in [0.15, 0.2) is 23.0 Å². The van der Waals surface area contributed by atoms with E-state index in [0.717, 1.165) is 29.5 Å². The minimum atomic E-state index is -0.632. The maximum Gasteiger partial charge on any atom is 0.343 e. The van der Waals surface area contributed by atoms with E-state index in [2.05, 4.69) is 15.5 Å². The number of fused-ring (bicyclic) bond motifs is 3. The van der Waals surface area contributed by atoms with Crippen LogP contribution in [-0.2, 0) is 22.5 Å². The Morgan fingerprint density at radius 1 is 1.02 bits per heavy atom. The van der Waals surface area contributed by atoms with E-state index >= 15 is 0 Å². The Morgan fingerprint density at radius 3 is 2.52 bits per heavy atom. The van der Waals surface area contributed by atoms with E-state index in [1.807, 2.05) is 13.1 Å². The largest absolute Gasteiger partial charge is 0.493 e. The van der Waals surface area contributed by atoms with Gasteiger partial charge in [0.25, 0.3) is 0 Å². The lowest BCUT2D eigenvalue weighted by Gasteiger charge is -2.39. The Bertz CT molecular complexity index is 1370. The van der Waals surface area contributed by atoms with Gasteiger partial charge in [0.2, 0.25) is 18.4 Å². The molecule has 2 N–H and O–H groups in total. The van der Waals surface area contributed by atoms with Crippen LogP contribution in [0.3, 0.4) is 0 Å². The summed E-state index contributed by atoms with van der Waals surface area (Å²) >= 11 is 0. The van der Waals surface area contributed by atoms with Crippen LogP contribution < -0.4 is 34.3 Å². The quantitative estimate of drug-likeness (QED) is 0.427. The minimum absolute atomic E-state index is 0.0531. The van der Waals surface area contributed by atoms with E-state index in [1.165, 1.54) is 33.5 Å². The summed E-state index contributed by atoms with van der Waals surface area (Å²) in [6.07, 6.45) is 5.97. The lowest BCUT2D eigenvalue weighted by molar-refractivity contribution is -0.120. The maximum absolute atomic E-state index is 13.2. The van der Waals surface area contributed by atoms with Crippen LogP contribution in [0.1, 0.15) is 76.9 Å². The first kappa shape index (κ1) is 28.4. The van der Waals surface area contributed by atoms with Gasteiger partial charge in [0.05, 0.1) is 33.9 Å². The van der Waals surface area contributed by atoms with E-state index in [4.69, 9.17) is 28.4 Å². The Hall–Kier alpha value is -3.70. The highest BCUT2D eigenvalue weighted by atomic mass is 16.7. The highest BCUT2D eigenvalue weighted by Gasteiger charge is 2.47. The predicted molar refractivity (Wildman–Crippen MR) is 153 cm³/mol. The maximum atomic E-state index is 13.2. The highest BCUT2D eigenvalue weighted by Crippen LogP contribution is 2.56. The third-order valence-electron chi connectivity index (χ3n) is 8.94. The number of methoxy groups -OCH3 is 3. The summed E-state index contributed by atoms with van der Waals surface area (Å²) in [7, 11) is 6.65. The molecule has 226 valence electrons. The van der Waals surface area contributed by atoms with E-state index in [9.17, 15) is 9.59 Å². The van der Waals surface area contributed by atoms with Gasteiger partial charge in [-0.1, -0.05) is 25.3 Å². The normalized spacial score (nSPS) is 21.4. The molecule has 3 heterocycles. The van der Waals surface area contributed by atoms with Crippen molar-refractivity contribution >= 4 is 11.9 Å². The van der Waals surface area contributed by atoms with Gasteiger partial charge in [0, 0.05) is 35.8 Å². The van der Waals surface area contributed by atoms with Crippen LogP contribution >= 0.6 is 0 Å². The topological polar surface area (TPSA) is 117 Å². The molecule has 1 saturated carbocycles. The average Bonchev–Trinajstić information content (AvgIpc) is 3.63. The number of hydrogen-bond acceptors (Lipinski definition) is 10. The van der Waals surface area contributed by atoms with Gasteiger partial charge in [-0.25, -0.2) is 4.79 Å². The van der Waals surface area contributed by atoms with Crippen molar-refractivity contribution in [3.63, 3.8) is 0 Å². The average molecular weight is 582 g/mol. The van der Waals surface area contributed by atoms with Crippen LogP contribution in [0.4, 0.5) is 0 Å². The molecule has 11 nitrogen and oxygen atoms in total. The minimum Gasteiger partial charge on any atom is -0.493 e. The van der Waals surface area contributed by atoms with Crippen molar-refractivity contribution in [3.8, 4) is 28.7 Å². The molecular formula is C31H39N3O8. The molecule has 1 aliphatic carbocycles. The fourth-order valence-corrected chi connectivity index (χ4v) is 6.90. The summed E-state index contributed by atoms with van der Waals surface area (Å²) < 4.78 is 34.9. The summed E-state index contributed by atoms with van der Waals surface area (Å²) in [5, 5.41) is 6.50. The number of carbonyl (C=O) groups is 2. The van der Waals surface area contributed by atoms with Crippen molar-refractivity contribution < 1.29 is 38.0 Å². The molecule has 1 fully saturated rings. The smallest absolute Gasteiger partial charge is 0.343 e. The SMILES string of the molecule is COc1ccc2c(c1OC)C(=O)O[C@@H]2[C@@H]1c2c(c(CNC(=O)CNC3CCCCC3)c3c(c2OC)OCO3)CCN1C. The molecule has 2 aromatic carbocycles. The van der Waals surface area contributed by atoms with Gasteiger partial charge >= 0.3 is 5.97 Å². The van der Waals surface area contributed by atoms with E-state index < -0.39 is 12.1 Å². The number of cyclic esters (lactones) is 1. The zero-order chi connectivity index (χ0) is 29.4. The van der Waals surface area contributed by atoms with Crippen molar-refractivity contribution in [1.29, 1.82) is 0 Å². The van der Waals surface area contributed by atoms with Crippen molar-refractivity contribution in [1.82, 2.24) is 15.5 Å². The van der Waals surface area contributed by atoms with Crippen LogP contribution in [0, 0.1) is 0 Å². The number of nitrogens with one attached hydrogen (secondary N) is 2. The molecule has 2 atom stereocenters. The second kappa shape index (κ2) is 11.9. The van der Waals surface area contributed by atoms with E-state index in [1.54, 1.807) is 13.2 Å². The van der Waals surface area contributed by atoms with Crippen molar-refractivity contribution in [2.24, 2.45) is 0 Å². The zero-order valence-corrected chi connectivity index (χ0v) is 24.7. The summed E-state index contributed by atoms with van der Waals surface area (Å²) in [6.45, 7) is 1.30. The van der Waals surface area contributed by atoms with E-state index in [-0.39, 0.29) is 31.8 Å². The predicted octanol–water partition coefficient (Wildman–Crippen LogP) is 3.42. The molecule has 42 heavy (non-hydrogen) atoms. The Balaban J connectivity index is 1.35. The number of likely N-dealkylation sites (N-methyl/N-ethyl adjacent to an activating group) is 1. The van der Waals surface area contributed by atoms with Crippen LogP contribution in [0.2, 0.25) is 0 Å². The van der Waals surface area contributed by atoms with E-state index in [0.29, 0.717) is 58.9 Å². The Kier molecular flexibility index (Phi) is 8.04. The molecule has 0 saturated heterocycles. The summed E-state index contributed by atoms with van der Waals surface area (Å²) in [6, 6.07) is 3.65. The van der Waals surface area contributed by atoms with Gasteiger partial charge in [0.1, 0.15) is 11.7 Å². The summed E-state index contributed by atoms with van der Waals surface area (Å²) in [4.78, 5) is 28.3. The van der Waals surface area contributed by atoms with Crippen molar-refractivity contribution in [2.75, 3.05) is 48.3 Å². The number of hydrogen-bond donors (Lipinski definition) is 2. The van der Waals surface area contributed by atoms with Crippen molar-refractivity contribution in [3.05, 3.63) is 39.9 Å². The molecule has 4 aliphatic rings. The van der Waals surface area contributed by atoms with Crippen LogP contribution in [-0.4, -0.2) is 71.1 Å². The molecule has 0 bridgehead atoms. The van der Waals surface area contributed by atoms with Gasteiger partial charge in [-0.05, 0) is 37.9 Å². The number of rotatable bonds is 9.